The van der Waals surface area contributed by atoms with Crippen molar-refractivity contribution in [1.82, 2.24) is 0 Å². The number of hydrogen-bond acceptors (Lipinski definition) is 3. The summed E-state index contributed by atoms with van der Waals surface area (Å²) in [4.78, 5) is 12.2. The van der Waals surface area contributed by atoms with Crippen LogP contribution in [0.5, 0.6) is 0 Å². The largest absolute Gasteiger partial charge is 0.467 e. The lowest BCUT2D eigenvalue weighted by Gasteiger charge is -2.27. The van der Waals surface area contributed by atoms with Crippen molar-refractivity contribution in [2.45, 2.75) is 5.54 Å². The molecule has 0 saturated carbocycles. The molecule has 0 fully saturated rings. The summed E-state index contributed by atoms with van der Waals surface area (Å²) in [5, 5.41) is 1.13. The molecule has 0 aromatic heterocycles. The molecule has 2 aromatic rings. The minimum Gasteiger partial charge on any atom is -0.467 e. The van der Waals surface area contributed by atoms with Gasteiger partial charge >= 0.3 is 5.97 Å². The van der Waals surface area contributed by atoms with E-state index >= 15 is 0 Å². The summed E-state index contributed by atoms with van der Waals surface area (Å²) >= 11 is 11.7. The van der Waals surface area contributed by atoms with Crippen LogP contribution in [0, 0.1) is 0 Å². The van der Waals surface area contributed by atoms with E-state index in [0.717, 1.165) is 0 Å². The predicted octanol–water partition coefficient (Wildman–Crippen LogP) is 3.37. The molecule has 0 saturated heterocycles. The van der Waals surface area contributed by atoms with Gasteiger partial charge in [-0.1, -0.05) is 47.5 Å². The highest BCUT2D eigenvalue weighted by molar-refractivity contribution is 6.30. The maximum absolute atomic E-state index is 12.2. The lowest BCUT2D eigenvalue weighted by atomic mass is 9.84. The third-order valence-corrected chi connectivity index (χ3v) is 3.61. The number of nitrogens with two attached hydrogens (primary N) is 1. The normalized spacial score (nSPS) is 11.2. The van der Waals surface area contributed by atoms with Crippen LogP contribution >= 0.6 is 23.2 Å². The molecular formula is C15H13Cl2NO2. The van der Waals surface area contributed by atoms with E-state index in [1.54, 1.807) is 48.5 Å². The average molecular weight is 310 g/mol. The number of ether oxygens (including phenoxy) is 1. The molecule has 0 bridgehead atoms. The third kappa shape index (κ3) is 2.66. The second-order valence-corrected chi connectivity index (χ2v) is 5.19. The Labute approximate surface area is 127 Å². The molecule has 0 aliphatic heterocycles. The molecule has 104 valence electrons. The van der Waals surface area contributed by atoms with Gasteiger partial charge in [0.05, 0.1) is 7.11 Å². The van der Waals surface area contributed by atoms with Crippen LogP contribution < -0.4 is 5.73 Å². The molecule has 0 unspecified atom stereocenters. The van der Waals surface area contributed by atoms with Crippen molar-refractivity contribution in [3.63, 3.8) is 0 Å². The molecule has 2 aromatic carbocycles. The molecule has 0 amide bonds. The zero-order chi connectivity index (χ0) is 14.8. The van der Waals surface area contributed by atoms with E-state index in [0.29, 0.717) is 21.2 Å². The summed E-state index contributed by atoms with van der Waals surface area (Å²) in [6.07, 6.45) is 0. The monoisotopic (exact) mass is 309 g/mol. The first kappa shape index (κ1) is 14.9. The standard InChI is InChI=1S/C15H13Cl2NO2/c1-20-14(19)15(18,10-2-6-12(16)7-3-10)11-4-8-13(17)9-5-11/h2-9H,18H2,1H3. The van der Waals surface area contributed by atoms with Crippen LogP contribution in [0.4, 0.5) is 0 Å². The van der Waals surface area contributed by atoms with Gasteiger partial charge in [0.15, 0.2) is 5.54 Å². The number of halogens is 2. The number of hydrogen-bond donors (Lipinski definition) is 1. The van der Waals surface area contributed by atoms with Gasteiger partial charge in [-0.05, 0) is 35.4 Å². The minimum atomic E-state index is -1.40. The van der Waals surface area contributed by atoms with Gasteiger partial charge in [-0.3, -0.25) is 0 Å². The van der Waals surface area contributed by atoms with Crippen molar-refractivity contribution in [2.75, 3.05) is 7.11 Å². The molecule has 20 heavy (non-hydrogen) atoms. The van der Waals surface area contributed by atoms with Crippen LogP contribution in [0.25, 0.3) is 0 Å². The van der Waals surface area contributed by atoms with E-state index in [9.17, 15) is 4.79 Å². The maximum Gasteiger partial charge on any atom is 0.335 e. The fourth-order valence-electron chi connectivity index (χ4n) is 1.99. The summed E-state index contributed by atoms with van der Waals surface area (Å²) in [5.41, 5.74) is 6.12. The van der Waals surface area contributed by atoms with Crippen LogP contribution in [0.3, 0.4) is 0 Å². The fraction of sp³-hybridized carbons (Fsp3) is 0.133. The first-order valence-corrected chi connectivity index (χ1v) is 6.63. The predicted molar refractivity (Wildman–Crippen MR) is 79.9 cm³/mol. The zero-order valence-electron chi connectivity index (χ0n) is 10.8. The van der Waals surface area contributed by atoms with Crippen molar-refractivity contribution in [3.8, 4) is 0 Å². The molecule has 2 N–H and O–H groups in total. The molecule has 2 rings (SSSR count). The lowest BCUT2D eigenvalue weighted by molar-refractivity contribution is -0.145. The van der Waals surface area contributed by atoms with Crippen LogP contribution in [0.2, 0.25) is 10.0 Å². The Morgan fingerprint density at radius 1 is 0.950 bits per heavy atom. The number of esters is 1. The fourth-order valence-corrected chi connectivity index (χ4v) is 2.24. The van der Waals surface area contributed by atoms with E-state index < -0.39 is 11.5 Å². The SMILES string of the molecule is COC(=O)C(N)(c1ccc(Cl)cc1)c1ccc(Cl)cc1. The summed E-state index contributed by atoms with van der Waals surface area (Å²) in [6, 6.07) is 13.5. The number of rotatable bonds is 3. The van der Waals surface area contributed by atoms with Crippen molar-refractivity contribution in [3.05, 3.63) is 69.7 Å². The average Bonchev–Trinajstić information content (AvgIpc) is 2.47. The third-order valence-electron chi connectivity index (χ3n) is 3.11. The Kier molecular flexibility index (Phi) is 4.33. The Hall–Kier alpha value is -1.55. The van der Waals surface area contributed by atoms with Crippen molar-refractivity contribution < 1.29 is 9.53 Å². The van der Waals surface area contributed by atoms with E-state index in [1.807, 2.05) is 0 Å². The molecule has 0 heterocycles. The summed E-state index contributed by atoms with van der Waals surface area (Å²) in [5.74, 6) is -0.554. The molecule has 0 atom stereocenters. The second kappa shape index (κ2) is 5.83. The van der Waals surface area contributed by atoms with E-state index in [2.05, 4.69) is 0 Å². The second-order valence-electron chi connectivity index (χ2n) is 4.31. The highest BCUT2D eigenvalue weighted by atomic mass is 35.5. The van der Waals surface area contributed by atoms with Gasteiger partial charge < -0.3 is 10.5 Å². The first-order chi connectivity index (χ1) is 9.48. The Morgan fingerprint density at radius 2 is 1.30 bits per heavy atom. The first-order valence-electron chi connectivity index (χ1n) is 5.88. The highest BCUT2D eigenvalue weighted by Crippen LogP contribution is 2.30. The van der Waals surface area contributed by atoms with Crippen molar-refractivity contribution >= 4 is 29.2 Å². The van der Waals surface area contributed by atoms with Gasteiger partial charge in [0.2, 0.25) is 0 Å². The molecule has 0 aliphatic rings. The smallest absolute Gasteiger partial charge is 0.335 e. The number of benzene rings is 2. The van der Waals surface area contributed by atoms with Crippen LogP contribution in [-0.2, 0) is 15.1 Å². The number of carbonyl (C=O) groups is 1. The topological polar surface area (TPSA) is 52.3 Å². The van der Waals surface area contributed by atoms with Gasteiger partial charge in [-0.15, -0.1) is 0 Å². The van der Waals surface area contributed by atoms with Crippen LogP contribution in [0.15, 0.2) is 48.5 Å². The summed E-state index contributed by atoms with van der Waals surface area (Å²) < 4.78 is 4.85. The number of carbonyl (C=O) groups excluding carboxylic acids is 1. The molecule has 5 heteroatoms. The Morgan fingerprint density at radius 3 is 1.60 bits per heavy atom. The van der Waals surface area contributed by atoms with Gasteiger partial charge in [0, 0.05) is 10.0 Å². The van der Waals surface area contributed by atoms with E-state index in [1.165, 1.54) is 7.11 Å². The van der Waals surface area contributed by atoms with Crippen LogP contribution in [-0.4, -0.2) is 13.1 Å². The summed E-state index contributed by atoms with van der Waals surface area (Å²) in [6.45, 7) is 0. The van der Waals surface area contributed by atoms with Crippen molar-refractivity contribution in [2.24, 2.45) is 5.73 Å². The van der Waals surface area contributed by atoms with Crippen LogP contribution in [0.1, 0.15) is 11.1 Å². The highest BCUT2D eigenvalue weighted by Gasteiger charge is 2.39. The molecule has 3 nitrogen and oxygen atoms in total. The van der Waals surface area contributed by atoms with Gasteiger partial charge in [-0.2, -0.15) is 0 Å². The Bertz CT molecular complexity index is 563. The van der Waals surface area contributed by atoms with Crippen molar-refractivity contribution in [1.29, 1.82) is 0 Å². The van der Waals surface area contributed by atoms with Gasteiger partial charge in [0.25, 0.3) is 0 Å². The molecule has 0 aliphatic carbocycles. The quantitative estimate of drug-likeness (QED) is 0.884. The zero-order valence-corrected chi connectivity index (χ0v) is 12.3. The van der Waals surface area contributed by atoms with Gasteiger partial charge in [0.1, 0.15) is 0 Å². The minimum absolute atomic E-state index is 0.554. The maximum atomic E-state index is 12.2. The lowest BCUT2D eigenvalue weighted by Crippen LogP contribution is -2.46. The summed E-state index contributed by atoms with van der Waals surface area (Å²) in [7, 11) is 1.30. The number of methoxy groups -OCH3 is 1. The van der Waals surface area contributed by atoms with E-state index in [4.69, 9.17) is 33.7 Å². The molecular weight excluding hydrogens is 297 g/mol. The Balaban J connectivity index is 2.58. The van der Waals surface area contributed by atoms with Gasteiger partial charge in [-0.25, -0.2) is 4.79 Å². The molecule has 0 radical (unpaired) electrons. The molecule has 0 spiro atoms. The van der Waals surface area contributed by atoms with E-state index in [-0.39, 0.29) is 0 Å².